The van der Waals surface area contributed by atoms with Gasteiger partial charge in [0.2, 0.25) is 0 Å². The van der Waals surface area contributed by atoms with Crippen molar-refractivity contribution in [2.75, 3.05) is 32.7 Å². The summed E-state index contributed by atoms with van der Waals surface area (Å²) in [6.07, 6.45) is -0.307. The van der Waals surface area contributed by atoms with E-state index in [1.165, 1.54) is 9.40 Å². The third-order valence-corrected chi connectivity index (χ3v) is 6.31. The number of carbonyl (C=O) groups excluding carboxylic acids is 1. The molecule has 3 heterocycles. The maximum atomic E-state index is 12.7. The molecule has 6 heteroatoms. The molecule has 1 amide bonds. The van der Waals surface area contributed by atoms with Crippen LogP contribution in [0.4, 0.5) is 0 Å². The number of aliphatic hydroxyl groups is 1. The summed E-state index contributed by atoms with van der Waals surface area (Å²) in [5, 5.41) is 11.5. The monoisotopic (exact) mass is 324 g/mol. The van der Waals surface area contributed by atoms with Crippen molar-refractivity contribution < 1.29 is 9.90 Å². The standard InChI is InChI=1S/C15H20N2O2S2/c1-10(18)9-16-4-6-17(7-5-16)15(19)14-11(2)13-12(21-14)3-8-20-13/h3,8,10,18H,4-7,9H2,1-2H3/t10-/m0/s1. The predicted octanol–water partition coefficient (Wildman–Crippen LogP) is 2.41. The topological polar surface area (TPSA) is 43.8 Å². The Labute approximate surface area is 132 Å². The molecule has 1 atom stereocenters. The summed E-state index contributed by atoms with van der Waals surface area (Å²) >= 11 is 3.32. The van der Waals surface area contributed by atoms with Crippen molar-refractivity contribution in [2.24, 2.45) is 0 Å². The van der Waals surface area contributed by atoms with Crippen LogP contribution in [-0.4, -0.2) is 59.6 Å². The number of aryl methyl sites for hydroxylation is 1. The summed E-state index contributed by atoms with van der Waals surface area (Å²) in [4.78, 5) is 17.7. The Morgan fingerprint density at radius 1 is 1.38 bits per heavy atom. The van der Waals surface area contributed by atoms with Crippen molar-refractivity contribution in [3.8, 4) is 0 Å². The third-order valence-electron chi connectivity index (χ3n) is 3.90. The number of β-amino-alcohol motifs (C(OH)–C–C–N with tert-alkyl or cyclic N) is 1. The van der Waals surface area contributed by atoms with E-state index in [4.69, 9.17) is 0 Å². The molecule has 21 heavy (non-hydrogen) atoms. The zero-order chi connectivity index (χ0) is 15.0. The molecule has 114 valence electrons. The first-order valence-electron chi connectivity index (χ1n) is 7.22. The average Bonchev–Trinajstić information content (AvgIpc) is 3.02. The Morgan fingerprint density at radius 2 is 2.10 bits per heavy atom. The average molecular weight is 324 g/mol. The molecule has 0 aromatic carbocycles. The number of amides is 1. The van der Waals surface area contributed by atoms with E-state index >= 15 is 0 Å². The van der Waals surface area contributed by atoms with E-state index < -0.39 is 0 Å². The highest BCUT2D eigenvalue weighted by molar-refractivity contribution is 7.28. The molecule has 0 radical (unpaired) electrons. The molecule has 0 spiro atoms. The van der Waals surface area contributed by atoms with Gasteiger partial charge in [-0.3, -0.25) is 9.69 Å². The fourth-order valence-corrected chi connectivity index (χ4v) is 5.09. The molecular formula is C15H20N2O2S2. The Bertz CT molecular complexity index is 639. The molecule has 0 aliphatic carbocycles. The van der Waals surface area contributed by atoms with Crippen molar-refractivity contribution in [1.29, 1.82) is 0 Å². The van der Waals surface area contributed by atoms with Crippen molar-refractivity contribution in [1.82, 2.24) is 9.80 Å². The highest BCUT2D eigenvalue weighted by atomic mass is 32.1. The zero-order valence-corrected chi connectivity index (χ0v) is 14.0. The number of thiophene rings is 2. The van der Waals surface area contributed by atoms with Gasteiger partial charge in [0, 0.05) is 42.1 Å². The van der Waals surface area contributed by atoms with Gasteiger partial charge >= 0.3 is 0 Å². The van der Waals surface area contributed by atoms with Gasteiger partial charge in [-0.1, -0.05) is 0 Å². The van der Waals surface area contributed by atoms with E-state index in [1.807, 2.05) is 11.8 Å². The van der Waals surface area contributed by atoms with E-state index in [2.05, 4.69) is 16.3 Å². The molecule has 1 saturated heterocycles. The Balaban J connectivity index is 1.69. The molecule has 1 N–H and O–H groups in total. The Hall–Kier alpha value is -0.950. The number of nitrogens with zero attached hydrogens (tertiary/aromatic N) is 2. The minimum absolute atomic E-state index is 0.164. The third kappa shape index (κ3) is 2.99. The van der Waals surface area contributed by atoms with Crippen LogP contribution in [0.2, 0.25) is 0 Å². The molecule has 2 aromatic rings. The van der Waals surface area contributed by atoms with Crippen LogP contribution < -0.4 is 0 Å². The Morgan fingerprint density at radius 3 is 2.71 bits per heavy atom. The van der Waals surface area contributed by atoms with Gasteiger partial charge in [0.25, 0.3) is 5.91 Å². The summed E-state index contributed by atoms with van der Waals surface area (Å²) in [5.74, 6) is 0.164. The second kappa shape index (κ2) is 6.04. The normalized spacial score (nSPS) is 18.3. The second-order valence-electron chi connectivity index (χ2n) is 5.61. The lowest BCUT2D eigenvalue weighted by molar-refractivity contribution is 0.0558. The van der Waals surface area contributed by atoms with Gasteiger partial charge in [0.05, 0.1) is 11.0 Å². The van der Waals surface area contributed by atoms with Crippen LogP contribution >= 0.6 is 22.7 Å². The van der Waals surface area contributed by atoms with Crippen molar-refractivity contribution in [3.05, 3.63) is 21.9 Å². The van der Waals surface area contributed by atoms with Crippen LogP contribution in [0, 0.1) is 6.92 Å². The van der Waals surface area contributed by atoms with Crippen LogP contribution in [0.3, 0.4) is 0 Å². The maximum absolute atomic E-state index is 12.7. The lowest BCUT2D eigenvalue weighted by Gasteiger charge is -2.35. The van der Waals surface area contributed by atoms with E-state index in [9.17, 15) is 9.90 Å². The van der Waals surface area contributed by atoms with E-state index in [0.29, 0.717) is 6.54 Å². The largest absolute Gasteiger partial charge is 0.392 e. The minimum atomic E-state index is -0.307. The molecule has 1 aliphatic heterocycles. The number of fused-ring (bicyclic) bond motifs is 1. The van der Waals surface area contributed by atoms with Gasteiger partial charge in [-0.05, 0) is 30.9 Å². The van der Waals surface area contributed by atoms with E-state index in [-0.39, 0.29) is 12.0 Å². The fraction of sp³-hybridized carbons (Fsp3) is 0.533. The van der Waals surface area contributed by atoms with Gasteiger partial charge in [0.1, 0.15) is 0 Å². The number of rotatable bonds is 3. The lowest BCUT2D eigenvalue weighted by atomic mass is 10.2. The van der Waals surface area contributed by atoms with Crippen molar-refractivity contribution >= 4 is 38.0 Å². The number of aliphatic hydroxyl groups excluding tert-OH is 1. The van der Waals surface area contributed by atoms with Crippen LogP contribution in [-0.2, 0) is 0 Å². The molecule has 2 aromatic heterocycles. The van der Waals surface area contributed by atoms with Crippen molar-refractivity contribution in [2.45, 2.75) is 20.0 Å². The summed E-state index contributed by atoms with van der Waals surface area (Å²) in [6, 6.07) is 2.09. The smallest absolute Gasteiger partial charge is 0.264 e. The van der Waals surface area contributed by atoms with Crippen LogP contribution in [0.25, 0.3) is 9.40 Å². The highest BCUT2D eigenvalue weighted by Crippen LogP contribution is 2.35. The second-order valence-corrected chi connectivity index (χ2v) is 7.58. The van der Waals surface area contributed by atoms with Crippen LogP contribution in [0.1, 0.15) is 22.2 Å². The maximum Gasteiger partial charge on any atom is 0.264 e. The molecule has 0 saturated carbocycles. The number of piperazine rings is 1. The van der Waals surface area contributed by atoms with Gasteiger partial charge in [-0.15, -0.1) is 22.7 Å². The number of carbonyl (C=O) groups is 1. The molecule has 1 fully saturated rings. The molecule has 1 aliphatic rings. The summed E-state index contributed by atoms with van der Waals surface area (Å²) in [6.45, 7) is 7.72. The highest BCUT2D eigenvalue weighted by Gasteiger charge is 2.25. The van der Waals surface area contributed by atoms with Crippen LogP contribution in [0.15, 0.2) is 11.4 Å². The van der Waals surface area contributed by atoms with E-state index in [0.717, 1.165) is 36.6 Å². The Kier molecular flexibility index (Phi) is 4.31. The number of hydrogen-bond acceptors (Lipinski definition) is 5. The number of hydrogen-bond donors (Lipinski definition) is 1. The van der Waals surface area contributed by atoms with Crippen molar-refractivity contribution in [3.63, 3.8) is 0 Å². The molecule has 0 unspecified atom stereocenters. The summed E-state index contributed by atoms with van der Waals surface area (Å²) in [5.41, 5.74) is 1.13. The van der Waals surface area contributed by atoms with Gasteiger partial charge in [-0.2, -0.15) is 0 Å². The quantitative estimate of drug-likeness (QED) is 0.943. The van der Waals surface area contributed by atoms with E-state index in [1.54, 1.807) is 29.6 Å². The minimum Gasteiger partial charge on any atom is -0.392 e. The first-order chi connectivity index (χ1) is 10.1. The summed E-state index contributed by atoms with van der Waals surface area (Å²) in [7, 11) is 0. The molecule has 0 bridgehead atoms. The van der Waals surface area contributed by atoms with Gasteiger partial charge in [0.15, 0.2) is 0 Å². The fourth-order valence-electron chi connectivity index (χ4n) is 2.80. The van der Waals surface area contributed by atoms with Gasteiger partial charge < -0.3 is 10.0 Å². The summed E-state index contributed by atoms with van der Waals surface area (Å²) < 4.78 is 2.46. The zero-order valence-electron chi connectivity index (χ0n) is 12.3. The first-order valence-corrected chi connectivity index (χ1v) is 8.92. The molecule has 4 nitrogen and oxygen atoms in total. The molecular weight excluding hydrogens is 304 g/mol. The lowest BCUT2D eigenvalue weighted by Crippen LogP contribution is -2.50. The SMILES string of the molecule is Cc1c(C(=O)N2CCN(C[C@H](C)O)CC2)sc2ccsc12. The van der Waals surface area contributed by atoms with Gasteiger partial charge in [-0.25, -0.2) is 0 Å². The first kappa shape index (κ1) is 15.0. The predicted molar refractivity (Wildman–Crippen MR) is 88.5 cm³/mol. The molecule has 3 rings (SSSR count). The van der Waals surface area contributed by atoms with Crippen LogP contribution in [0.5, 0.6) is 0 Å².